The molecule has 0 aliphatic rings. The van der Waals surface area contributed by atoms with Crippen LogP contribution in [0, 0.1) is 0 Å². The molecule has 0 saturated carbocycles. The van der Waals surface area contributed by atoms with Crippen LogP contribution in [0.3, 0.4) is 0 Å². The smallest absolute Gasteiger partial charge is 0.153 e. The number of benzene rings is 1. The van der Waals surface area contributed by atoms with Crippen LogP contribution in [0.5, 0.6) is 0 Å². The number of nitrogens with zero attached hydrogens (tertiary/aromatic N) is 1. The maximum absolute atomic E-state index is 5.68. The van der Waals surface area contributed by atoms with Gasteiger partial charge in [-0.25, -0.2) is 0 Å². The van der Waals surface area contributed by atoms with Crippen LogP contribution in [-0.2, 0) is 0 Å². The number of aromatic amines is 1. The average Bonchev–Trinajstić information content (AvgIpc) is 2.88. The van der Waals surface area contributed by atoms with Crippen LogP contribution >= 0.6 is 0 Å². The molecule has 74 valence electrons. The SMILES string of the molecule is Nc1n[nH]c2cc(-c3ccoc3)ccc12. The number of nitrogens with two attached hydrogens (primary N) is 1. The Morgan fingerprint density at radius 3 is 2.93 bits per heavy atom. The monoisotopic (exact) mass is 199 g/mol. The van der Waals surface area contributed by atoms with E-state index in [-0.39, 0.29) is 0 Å². The van der Waals surface area contributed by atoms with Crippen molar-refractivity contribution in [2.45, 2.75) is 0 Å². The minimum atomic E-state index is 0.531. The lowest BCUT2D eigenvalue weighted by molar-refractivity contribution is 0.568. The molecule has 0 spiro atoms. The summed E-state index contributed by atoms with van der Waals surface area (Å²) in [4.78, 5) is 0. The van der Waals surface area contributed by atoms with Gasteiger partial charge in [0.25, 0.3) is 0 Å². The second kappa shape index (κ2) is 2.88. The van der Waals surface area contributed by atoms with Crippen LogP contribution in [0.15, 0.2) is 41.2 Å². The lowest BCUT2D eigenvalue weighted by atomic mass is 10.1. The second-order valence-corrected chi connectivity index (χ2v) is 3.38. The molecule has 0 aliphatic heterocycles. The maximum Gasteiger partial charge on any atom is 0.153 e. The highest BCUT2D eigenvalue weighted by atomic mass is 16.3. The first-order valence-electron chi connectivity index (χ1n) is 4.61. The molecule has 0 aliphatic carbocycles. The Morgan fingerprint density at radius 2 is 2.13 bits per heavy atom. The first kappa shape index (κ1) is 8.11. The highest BCUT2D eigenvalue weighted by Gasteiger charge is 2.04. The fourth-order valence-corrected chi connectivity index (χ4v) is 1.65. The highest BCUT2D eigenvalue weighted by Crippen LogP contribution is 2.25. The van der Waals surface area contributed by atoms with E-state index in [0.717, 1.165) is 22.0 Å². The third kappa shape index (κ3) is 1.19. The fraction of sp³-hybridized carbons (Fsp3) is 0. The van der Waals surface area contributed by atoms with E-state index in [9.17, 15) is 0 Å². The van der Waals surface area contributed by atoms with E-state index in [1.54, 1.807) is 12.5 Å². The number of anilines is 1. The largest absolute Gasteiger partial charge is 0.472 e. The summed E-state index contributed by atoms with van der Waals surface area (Å²) >= 11 is 0. The number of hydrogen-bond donors (Lipinski definition) is 2. The minimum Gasteiger partial charge on any atom is -0.472 e. The van der Waals surface area contributed by atoms with Gasteiger partial charge in [-0.05, 0) is 23.8 Å². The first-order chi connectivity index (χ1) is 7.34. The average molecular weight is 199 g/mol. The highest BCUT2D eigenvalue weighted by molar-refractivity contribution is 5.91. The van der Waals surface area contributed by atoms with E-state index < -0.39 is 0 Å². The summed E-state index contributed by atoms with van der Waals surface area (Å²) in [7, 11) is 0. The molecule has 0 bridgehead atoms. The van der Waals surface area contributed by atoms with Crippen molar-refractivity contribution in [3.63, 3.8) is 0 Å². The zero-order valence-electron chi connectivity index (χ0n) is 7.90. The molecule has 4 heteroatoms. The topological polar surface area (TPSA) is 67.8 Å². The molecule has 15 heavy (non-hydrogen) atoms. The Labute approximate surface area is 85.7 Å². The van der Waals surface area contributed by atoms with Crippen molar-refractivity contribution in [2.24, 2.45) is 0 Å². The van der Waals surface area contributed by atoms with Gasteiger partial charge in [0.2, 0.25) is 0 Å². The molecule has 3 rings (SSSR count). The Hall–Kier alpha value is -2.23. The molecule has 0 radical (unpaired) electrons. The molecule has 2 aromatic heterocycles. The summed E-state index contributed by atoms with van der Waals surface area (Å²) < 4.78 is 5.04. The van der Waals surface area contributed by atoms with E-state index in [1.165, 1.54) is 0 Å². The maximum atomic E-state index is 5.68. The zero-order chi connectivity index (χ0) is 10.3. The quantitative estimate of drug-likeness (QED) is 0.632. The lowest BCUT2D eigenvalue weighted by Crippen LogP contribution is -1.83. The van der Waals surface area contributed by atoms with Crippen molar-refractivity contribution in [1.82, 2.24) is 10.2 Å². The Balaban J connectivity index is 2.23. The van der Waals surface area contributed by atoms with Crippen molar-refractivity contribution in [1.29, 1.82) is 0 Å². The number of H-pyrrole nitrogens is 1. The van der Waals surface area contributed by atoms with Gasteiger partial charge < -0.3 is 10.2 Å². The predicted octanol–water partition coefficient (Wildman–Crippen LogP) is 2.41. The Kier molecular flexibility index (Phi) is 1.56. The van der Waals surface area contributed by atoms with Gasteiger partial charge in [0.05, 0.1) is 18.0 Å². The summed E-state index contributed by atoms with van der Waals surface area (Å²) in [6.45, 7) is 0. The number of aromatic nitrogens is 2. The van der Waals surface area contributed by atoms with E-state index in [0.29, 0.717) is 5.82 Å². The molecular weight excluding hydrogens is 190 g/mol. The van der Waals surface area contributed by atoms with Gasteiger partial charge in [-0.15, -0.1) is 0 Å². The van der Waals surface area contributed by atoms with Crippen LogP contribution in [0.2, 0.25) is 0 Å². The third-order valence-corrected chi connectivity index (χ3v) is 2.45. The van der Waals surface area contributed by atoms with Gasteiger partial charge in [-0.2, -0.15) is 5.10 Å². The van der Waals surface area contributed by atoms with Crippen molar-refractivity contribution in [3.8, 4) is 11.1 Å². The summed E-state index contributed by atoms with van der Waals surface area (Å²) in [6.07, 6.45) is 3.36. The van der Waals surface area contributed by atoms with Gasteiger partial charge in [-0.3, -0.25) is 5.10 Å². The molecule has 3 N–H and O–H groups in total. The Morgan fingerprint density at radius 1 is 1.20 bits per heavy atom. The summed E-state index contributed by atoms with van der Waals surface area (Å²) in [5, 5.41) is 7.78. The summed E-state index contributed by atoms with van der Waals surface area (Å²) in [6, 6.07) is 7.88. The molecule has 2 heterocycles. The molecule has 0 unspecified atom stereocenters. The first-order valence-corrected chi connectivity index (χ1v) is 4.61. The fourth-order valence-electron chi connectivity index (χ4n) is 1.65. The van der Waals surface area contributed by atoms with Gasteiger partial charge in [0, 0.05) is 10.9 Å². The lowest BCUT2D eigenvalue weighted by Gasteiger charge is -1.96. The van der Waals surface area contributed by atoms with Gasteiger partial charge in [-0.1, -0.05) is 6.07 Å². The van der Waals surface area contributed by atoms with E-state index in [2.05, 4.69) is 10.2 Å². The normalized spacial score (nSPS) is 10.9. The number of hydrogen-bond acceptors (Lipinski definition) is 3. The van der Waals surface area contributed by atoms with Gasteiger partial charge in [0.15, 0.2) is 5.82 Å². The molecular formula is C11H9N3O. The Bertz CT molecular complexity index is 595. The minimum absolute atomic E-state index is 0.531. The van der Waals surface area contributed by atoms with E-state index in [4.69, 9.17) is 10.2 Å². The molecule has 0 atom stereocenters. The van der Waals surface area contributed by atoms with Crippen molar-refractivity contribution < 1.29 is 4.42 Å². The van der Waals surface area contributed by atoms with Crippen LogP contribution in [-0.4, -0.2) is 10.2 Å². The van der Waals surface area contributed by atoms with Crippen molar-refractivity contribution in [3.05, 3.63) is 36.8 Å². The third-order valence-electron chi connectivity index (χ3n) is 2.45. The number of fused-ring (bicyclic) bond motifs is 1. The number of nitrogen functional groups attached to an aromatic ring is 1. The number of furan rings is 1. The standard InChI is InChI=1S/C11H9N3O/c12-11-9-2-1-7(5-10(9)13-14-11)8-3-4-15-6-8/h1-6H,(H3,12,13,14). The number of nitrogens with one attached hydrogen (secondary N) is 1. The molecule has 0 fully saturated rings. The van der Waals surface area contributed by atoms with Crippen molar-refractivity contribution >= 4 is 16.7 Å². The van der Waals surface area contributed by atoms with Gasteiger partial charge in [0.1, 0.15) is 0 Å². The molecule has 0 saturated heterocycles. The zero-order valence-corrected chi connectivity index (χ0v) is 7.90. The van der Waals surface area contributed by atoms with Crippen LogP contribution < -0.4 is 5.73 Å². The number of rotatable bonds is 1. The summed E-state index contributed by atoms with van der Waals surface area (Å²) in [5.41, 5.74) is 8.75. The van der Waals surface area contributed by atoms with Crippen LogP contribution in [0.4, 0.5) is 5.82 Å². The van der Waals surface area contributed by atoms with Crippen LogP contribution in [0.1, 0.15) is 0 Å². The second-order valence-electron chi connectivity index (χ2n) is 3.38. The van der Waals surface area contributed by atoms with Crippen molar-refractivity contribution in [2.75, 3.05) is 5.73 Å². The van der Waals surface area contributed by atoms with Gasteiger partial charge >= 0.3 is 0 Å². The summed E-state index contributed by atoms with van der Waals surface area (Å²) in [5.74, 6) is 0.531. The molecule has 1 aromatic carbocycles. The molecule has 3 aromatic rings. The molecule has 4 nitrogen and oxygen atoms in total. The van der Waals surface area contributed by atoms with Crippen LogP contribution in [0.25, 0.3) is 22.0 Å². The van der Waals surface area contributed by atoms with E-state index >= 15 is 0 Å². The molecule has 0 amide bonds. The predicted molar refractivity (Wildman–Crippen MR) is 58.2 cm³/mol. The van der Waals surface area contributed by atoms with E-state index in [1.807, 2.05) is 24.3 Å².